The molecule has 0 saturated heterocycles. The largest absolute Gasteiger partial charge is 0.383 e. The molecule has 5 N–H and O–H groups in total. The van der Waals surface area contributed by atoms with Crippen LogP contribution in [0.4, 0.5) is 0 Å². The quantitative estimate of drug-likeness (QED) is 0.177. The summed E-state index contributed by atoms with van der Waals surface area (Å²) in [5, 5.41) is 14.3. The summed E-state index contributed by atoms with van der Waals surface area (Å²) in [4.78, 5) is 32.2. The van der Waals surface area contributed by atoms with Crippen LogP contribution in [0.3, 0.4) is 0 Å². The normalized spacial score (nSPS) is 11.6. The van der Waals surface area contributed by atoms with Gasteiger partial charge in [-0.2, -0.15) is 4.98 Å². The summed E-state index contributed by atoms with van der Waals surface area (Å²) in [6, 6.07) is 12.0. The van der Waals surface area contributed by atoms with Crippen LogP contribution in [-0.4, -0.2) is 51.2 Å². The zero-order valence-electron chi connectivity index (χ0n) is 18.1. The van der Waals surface area contributed by atoms with Gasteiger partial charge in [0.1, 0.15) is 16.9 Å². The number of benzene rings is 2. The summed E-state index contributed by atoms with van der Waals surface area (Å²) in [6.45, 7) is 0.811. The van der Waals surface area contributed by atoms with Crippen LogP contribution in [0.25, 0.3) is 22.4 Å². The molecule has 2 aromatic heterocycles. The summed E-state index contributed by atoms with van der Waals surface area (Å²) in [5.41, 5.74) is 14.1. The predicted molar refractivity (Wildman–Crippen MR) is 122 cm³/mol. The van der Waals surface area contributed by atoms with Crippen molar-refractivity contribution < 1.29 is 18.7 Å². The second-order valence-corrected chi connectivity index (χ2v) is 7.36. The van der Waals surface area contributed by atoms with Crippen molar-refractivity contribution >= 4 is 28.7 Å². The Kier molecular flexibility index (Phi) is 6.87. The Balaban J connectivity index is 1.20. The number of hydrogen-bond acceptors (Lipinski definition) is 9. The molecule has 2 heterocycles. The van der Waals surface area contributed by atoms with E-state index in [4.69, 9.17) is 16.0 Å². The zero-order chi connectivity index (χ0) is 23.9. The van der Waals surface area contributed by atoms with Gasteiger partial charge in [0.15, 0.2) is 0 Å². The Bertz CT molecular complexity index is 1340. The minimum Gasteiger partial charge on any atom is -0.383 e. The van der Waals surface area contributed by atoms with Gasteiger partial charge < -0.3 is 21.3 Å². The lowest BCUT2D eigenvalue weighted by molar-refractivity contribution is -0.121. The van der Waals surface area contributed by atoms with Gasteiger partial charge in [-0.25, -0.2) is 4.63 Å². The third-order valence-electron chi connectivity index (χ3n) is 4.95. The summed E-state index contributed by atoms with van der Waals surface area (Å²) < 4.78 is 9.92. The number of fused-ring (bicyclic) bond motifs is 1. The Morgan fingerprint density at radius 2 is 1.79 bits per heavy atom. The van der Waals surface area contributed by atoms with Gasteiger partial charge in [-0.3, -0.25) is 14.6 Å². The fourth-order valence-corrected chi connectivity index (χ4v) is 3.22. The topological polar surface area (TPSA) is 188 Å². The molecule has 0 aliphatic heterocycles. The van der Waals surface area contributed by atoms with Crippen molar-refractivity contribution in [2.45, 2.75) is 19.3 Å². The number of primary amides is 1. The lowest BCUT2D eigenvalue weighted by atomic mass is 10.1. The van der Waals surface area contributed by atoms with Crippen molar-refractivity contribution in [1.82, 2.24) is 25.8 Å². The van der Waals surface area contributed by atoms with E-state index in [1.807, 2.05) is 0 Å². The van der Waals surface area contributed by atoms with Gasteiger partial charge in [0.25, 0.3) is 0 Å². The Labute approximate surface area is 193 Å². The molecular formula is C22H22N8O4. The number of aromatic nitrogens is 4. The SMILES string of the molecule is NC(=O)c1ccccc1C(N)=NCCCNC(=O)CCc1nc(-c2ccc3nonc3c2)no1. The molecule has 0 spiro atoms. The average molecular weight is 462 g/mol. The van der Waals surface area contributed by atoms with Crippen LogP contribution in [-0.2, 0) is 11.2 Å². The number of aryl methyl sites for hydroxylation is 1. The average Bonchev–Trinajstić information content (AvgIpc) is 3.51. The molecule has 0 aliphatic rings. The van der Waals surface area contributed by atoms with Crippen LogP contribution in [0, 0.1) is 0 Å². The van der Waals surface area contributed by atoms with Gasteiger partial charge in [-0.05, 0) is 41.0 Å². The fourth-order valence-electron chi connectivity index (χ4n) is 3.22. The molecule has 0 bridgehead atoms. The Hall–Kier alpha value is -4.61. The van der Waals surface area contributed by atoms with Crippen LogP contribution < -0.4 is 16.8 Å². The van der Waals surface area contributed by atoms with Crippen LogP contribution >= 0.6 is 0 Å². The number of amides is 2. The number of nitrogens with two attached hydrogens (primary N) is 2. The highest BCUT2D eigenvalue weighted by Gasteiger charge is 2.13. The van der Waals surface area contributed by atoms with Crippen molar-refractivity contribution in [2.75, 3.05) is 13.1 Å². The Morgan fingerprint density at radius 3 is 2.62 bits per heavy atom. The number of nitrogens with zero attached hydrogens (tertiary/aromatic N) is 5. The lowest BCUT2D eigenvalue weighted by Crippen LogP contribution is -2.25. The van der Waals surface area contributed by atoms with Crippen molar-refractivity contribution in [1.29, 1.82) is 0 Å². The molecular weight excluding hydrogens is 440 g/mol. The standard InChI is InChI=1S/C22H22N8O4/c23-20(14-4-1-2-5-15(14)21(24)32)26-11-3-10-25-18(31)8-9-19-27-22(30-33-19)13-6-7-16-17(12-13)29-34-28-16/h1-2,4-7,12H,3,8-11H2,(H2,23,26)(H2,24,32)(H,25,31). The first-order chi connectivity index (χ1) is 16.5. The minimum absolute atomic E-state index is 0.147. The van der Waals surface area contributed by atoms with E-state index in [0.29, 0.717) is 65.4 Å². The highest BCUT2D eigenvalue weighted by atomic mass is 16.6. The molecule has 34 heavy (non-hydrogen) atoms. The monoisotopic (exact) mass is 462 g/mol. The van der Waals surface area contributed by atoms with Crippen molar-refractivity contribution in [2.24, 2.45) is 16.5 Å². The first-order valence-corrected chi connectivity index (χ1v) is 10.5. The van der Waals surface area contributed by atoms with Gasteiger partial charge >= 0.3 is 0 Å². The van der Waals surface area contributed by atoms with E-state index in [0.717, 1.165) is 0 Å². The first-order valence-electron chi connectivity index (χ1n) is 10.5. The maximum absolute atomic E-state index is 12.1. The van der Waals surface area contributed by atoms with Gasteiger partial charge in [-0.1, -0.05) is 23.4 Å². The van der Waals surface area contributed by atoms with E-state index >= 15 is 0 Å². The predicted octanol–water partition coefficient (Wildman–Crippen LogP) is 1.22. The van der Waals surface area contributed by atoms with Gasteiger partial charge in [0, 0.05) is 42.6 Å². The second kappa shape index (κ2) is 10.3. The van der Waals surface area contributed by atoms with Gasteiger partial charge in [0.2, 0.25) is 23.5 Å². The molecule has 2 aromatic carbocycles. The van der Waals surface area contributed by atoms with Gasteiger partial charge in [0.05, 0.1) is 0 Å². The molecule has 174 valence electrons. The highest BCUT2D eigenvalue weighted by Crippen LogP contribution is 2.20. The summed E-state index contributed by atoms with van der Waals surface area (Å²) in [7, 11) is 0. The Morgan fingerprint density at radius 1 is 1.00 bits per heavy atom. The highest BCUT2D eigenvalue weighted by molar-refractivity contribution is 6.08. The maximum atomic E-state index is 12.1. The van der Waals surface area contributed by atoms with E-state index in [-0.39, 0.29) is 18.2 Å². The lowest BCUT2D eigenvalue weighted by Gasteiger charge is -2.06. The molecule has 2 amide bonds. The fraction of sp³-hybridized carbons (Fsp3) is 0.227. The van der Waals surface area contributed by atoms with Crippen LogP contribution in [0.5, 0.6) is 0 Å². The minimum atomic E-state index is -0.567. The molecule has 0 aliphatic carbocycles. The third kappa shape index (κ3) is 5.41. The first kappa shape index (κ1) is 22.6. The van der Waals surface area contributed by atoms with Crippen molar-refractivity contribution in [3.8, 4) is 11.4 Å². The summed E-state index contributed by atoms with van der Waals surface area (Å²) in [5.74, 6) is 0.267. The smallest absolute Gasteiger partial charge is 0.249 e. The van der Waals surface area contributed by atoms with Crippen molar-refractivity contribution in [3.05, 3.63) is 59.5 Å². The molecule has 0 atom stereocenters. The number of rotatable bonds is 10. The molecule has 12 nitrogen and oxygen atoms in total. The maximum Gasteiger partial charge on any atom is 0.249 e. The van der Waals surface area contributed by atoms with E-state index in [1.165, 1.54) is 0 Å². The van der Waals surface area contributed by atoms with Crippen LogP contribution in [0.15, 0.2) is 56.6 Å². The molecule has 4 rings (SSSR count). The molecule has 0 unspecified atom stereocenters. The molecule has 4 aromatic rings. The third-order valence-corrected chi connectivity index (χ3v) is 4.95. The number of carbonyl (C=O) groups excluding carboxylic acids is 2. The molecule has 0 saturated carbocycles. The van der Waals surface area contributed by atoms with Crippen molar-refractivity contribution in [3.63, 3.8) is 0 Å². The number of carbonyl (C=O) groups is 2. The summed E-state index contributed by atoms with van der Waals surface area (Å²) >= 11 is 0. The molecule has 0 radical (unpaired) electrons. The van der Waals surface area contributed by atoms with E-state index < -0.39 is 5.91 Å². The number of nitrogens with one attached hydrogen (secondary N) is 1. The summed E-state index contributed by atoms with van der Waals surface area (Å²) in [6.07, 6.45) is 1.09. The van der Waals surface area contributed by atoms with E-state index in [2.05, 4.69) is 35.4 Å². The molecule has 12 heteroatoms. The molecule has 0 fully saturated rings. The van der Waals surface area contributed by atoms with Crippen LogP contribution in [0.1, 0.15) is 34.7 Å². The number of hydrogen-bond donors (Lipinski definition) is 3. The van der Waals surface area contributed by atoms with E-state index in [1.54, 1.807) is 42.5 Å². The zero-order valence-corrected chi connectivity index (χ0v) is 18.1. The number of aliphatic imine (C=N–C) groups is 1. The second-order valence-electron chi connectivity index (χ2n) is 7.36. The van der Waals surface area contributed by atoms with Gasteiger partial charge in [-0.15, -0.1) is 0 Å². The van der Waals surface area contributed by atoms with E-state index in [9.17, 15) is 9.59 Å². The van der Waals surface area contributed by atoms with Crippen LogP contribution in [0.2, 0.25) is 0 Å². The number of amidine groups is 1.